The summed E-state index contributed by atoms with van der Waals surface area (Å²) < 4.78 is 24.7. The zero-order valence-electron chi connectivity index (χ0n) is 19.4. The van der Waals surface area contributed by atoms with Crippen LogP contribution < -0.4 is 5.32 Å². The van der Waals surface area contributed by atoms with Crippen LogP contribution in [0, 0.1) is 11.8 Å². The number of cyclic esters (lactones) is 1. The molecule has 1 amide bonds. The summed E-state index contributed by atoms with van der Waals surface area (Å²) in [6.07, 6.45) is 7.36. The average Bonchev–Trinajstić information content (AvgIpc) is 3.43. The van der Waals surface area contributed by atoms with E-state index in [0.717, 1.165) is 6.42 Å². The molecule has 4 fully saturated rings. The van der Waals surface area contributed by atoms with Crippen molar-refractivity contribution < 1.29 is 33.3 Å². The van der Waals surface area contributed by atoms with Gasteiger partial charge >= 0.3 is 18.0 Å². The van der Waals surface area contributed by atoms with Crippen molar-refractivity contribution in [1.82, 2.24) is 10.2 Å². The molecule has 0 aromatic heterocycles. The highest BCUT2D eigenvalue weighted by Crippen LogP contribution is 2.72. The van der Waals surface area contributed by atoms with E-state index in [4.69, 9.17) is 18.9 Å². The number of amides is 1. The molecule has 33 heavy (non-hydrogen) atoms. The number of rotatable bonds is 3. The second kappa shape index (κ2) is 6.39. The average molecular weight is 459 g/mol. The molecule has 8 atom stereocenters. The first-order valence-corrected chi connectivity index (χ1v) is 11.9. The van der Waals surface area contributed by atoms with Crippen molar-refractivity contribution in [2.45, 2.75) is 81.1 Å². The van der Waals surface area contributed by atoms with Gasteiger partial charge in [-0.2, -0.15) is 0 Å². The standard InChI is InChI=1S/C24H30N2O7/c1-5-17-21(30-4)8-6-7-9-26-15(16-10-13(2)18(27)31-16)12-23(24(21,26)25-20(29)33-23)22(17)11-14(3)19(28)32-22/h6,8,11,13,15-17H,5,7,9-10,12H2,1-4H3,(H,25,29)/t13-,15-,16-,17+,21-,22+,23-,24-/m0/s1. The molecule has 6 aliphatic rings. The third kappa shape index (κ3) is 2.06. The lowest BCUT2D eigenvalue weighted by Gasteiger charge is -2.48. The quantitative estimate of drug-likeness (QED) is 0.388. The topological polar surface area (TPSA) is 103 Å². The van der Waals surface area contributed by atoms with Crippen molar-refractivity contribution in [3.8, 4) is 0 Å². The van der Waals surface area contributed by atoms with Gasteiger partial charge in [-0.05, 0) is 32.3 Å². The Morgan fingerprint density at radius 3 is 2.67 bits per heavy atom. The fraction of sp³-hybridized carbons (Fsp3) is 0.708. The largest absolute Gasteiger partial charge is 0.460 e. The Hall–Kier alpha value is -2.39. The van der Waals surface area contributed by atoms with Crippen LogP contribution in [-0.4, -0.2) is 71.2 Å². The van der Waals surface area contributed by atoms with Gasteiger partial charge in [0.05, 0.1) is 12.0 Å². The van der Waals surface area contributed by atoms with Crippen LogP contribution in [0.25, 0.3) is 0 Å². The Labute approximate surface area is 192 Å². The molecule has 9 heteroatoms. The summed E-state index contributed by atoms with van der Waals surface area (Å²) in [6, 6.07) is -0.225. The Kier molecular flexibility index (Phi) is 4.10. The number of methoxy groups -OCH3 is 1. The maximum Gasteiger partial charge on any atom is 0.409 e. The van der Waals surface area contributed by atoms with E-state index in [1.807, 2.05) is 26.0 Å². The molecule has 5 heterocycles. The van der Waals surface area contributed by atoms with Gasteiger partial charge in [0, 0.05) is 31.6 Å². The van der Waals surface area contributed by atoms with Crippen molar-refractivity contribution in [2.24, 2.45) is 11.8 Å². The van der Waals surface area contributed by atoms with Crippen LogP contribution >= 0.6 is 0 Å². The molecular weight excluding hydrogens is 428 g/mol. The molecule has 0 bridgehead atoms. The number of hydrogen-bond donors (Lipinski definition) is 1. The molecule has 5 aliphatic heterocycles. The maximum atomic E-state index is 13.0. The van der Waals surface area contributed by atoms with Crippen molar-refractivity contribution in [3.63, 3.8) is 0 Å². The summed E-state index contributed by atoms with van der Waals surface area (Å²) in [5, 5.41) is 3.16. The summed E-state index contributed by atoms with van der Waals surface area (Å²) in [4.78, 5) is 40.4. The van der Waals surface area contributed by atoms with E-state index in [-0.39, 0.29) is 30.0 Å². The minimum absolute atomic E-state index is 0.193. The number of nitrogens with zero attached hydrogens (tertiary/aromatic N) is 1. The molecule has 0 unspecified atom stereocenters. The summed E-state index contributed by atoms with van der Waals surface area (Å²) in [5.74, 6) is -1.12. The molecule has 0 aromatic carbocycles. The van der Waals surface area contributed by atoms with Crippen molar-refractivity contribution in [1.29, 1.82) is 0 Å². The summed E-state index contributed by atoms with van der Waals surface area (Å²) >= 11 is 0. The number of carbonyl (C=O) groups is 3. The smallest absolute Gasteiger partial charge is 0.409 e. The molecular formula is C24H30N2O7. The van der Waals surface area contributed by atoms with Crippen molar-refractivity contribution >= 4 is 18.0 Å². The third-order valence-electron chi connectivity index (χ3n) is 9.04. The van der Waals surface area contributed by atoms with Crippen LogP contribution in [0.1, 0.15) is 46.5 Å². The molecule has 3 saturated heterocycles. The van der Waals surface area contributed by atoms with Crippen molar-refractivity contribution in [2.75, 3.05) is 13.7 Å². The van der Waals surface area contributed by atoms with Crippen LogP contribution in [0.3, 0.4) is 0 Å². The van der Waals surface area contributed by atoms with E-state index in [1.165, 1.54) is 0 Å². The Bertz CT molecular complexity index is 1020. The van der Waals surface area contributed by atoms with E-state index in [1.54, 1.807) is 14.0 Å². The van der Waals surface area contributed by atoms with Gasteiger partial charge in [0.15, 0.2) is 16.9 Å². The zero-order valence-corrected chi connectivity index (χ0v) is 19.4. The van der Waals surface area contributed by atoms with Gasteiger partial charge in [-0.15, -0.1) is 0 Å². The molecule has 178 valence electrons. The highest BCUT2D eigenvalue weighted by molar-refractivity contribution is 5.92. The minimum atomic E-state index is -1.24. The second-order valence-electron chi connectivity index (χ2n) is 10.3. The highest BCUT2D eigenvalue weighted by atomic mass is 16.6. The fourth-order valence-corrected chi connectivity index (χ4v) is 8.01. The lowest BCUT2D eigenvalue weighted by molar-refractivity contribution is -0.174. The predicted octanol–water partition coefficient (Wildman–Crippen LogP) is 1.81. The monoisotopic (exact) mass is 458 g/mol. The SMILES string of the molecule is CC[C@@H]1[C@@]2(OC)C=CCCN3[C@H]([C@@H]4C[C@H](C)C(=O)O4)C[C@]4(OC(=O)N[C@@]342)[C@@]12C=C(C)C(=O)O2. The maximum absolute atomic E-state index is 13.0. The second-order valence-corrected chi connectivity index (χ2v) is 10.3. The van der Waals surface area contributed by atoms with Gasteiger partial charge in [0.1, 0.15) is 11.7 Å². The van der Waals surface area contributed by atoms with Gasteiger partial charge < -0.3 is 18.9 Å². The van der Waals surface area contributed by atoms with Crippen LogP contribution in [-0.2, 0) is 28.5 Å². The minimum Gasteiger partial charge on any atom is -0.460 e. The van der Waals surface area contributed by atoms with Crippen LogP contribution in [0.2, 0.25) is 0 Å². The first-order valence-electron chi connectivity index (χ1n) is 11.9. The van der Waals surface area contributed by atoms with Crippen molar-refractivity contribution in [3.05, 3.63) is 23.8 Å². The summed E-state index contributed by atoms with van der Waals surface area (Å²) in [6.45, 7) is 6.25. The van der Waals surface area contributed by atoms with Crippen LogP contribution in [0.15, 0.2) is 23.8 Å². The van der Waals surface area contributed by atoms with E-state index >= 15 is 0 Å². The number of esters is 2. The number of carbonyl (C=O) groups excluding carboxylic acids is 3. The first-order chi connectivity index (χ1) is 15.7. The Morgan fingerprint density at radius 1 is 1.27 bits per heavy atom. The molecule has 9 nitrogen and oxygen atoms in total. The Balaban J connectivity index is 1.63. The molecule has 6 rings (SSSR count). The predicted molar refractivity (Wildman–Crippen MR) is 114 cm³/mol. The Morgan fingerprint density at radius 2 is 2.06 bits per heavy atom. The van der Waals surface area contributed by atoms with Crippen LogP contribution in [0.4, 0.5) is 4.79 Å². The normalized spacial score (nSPS) is 49.9. The molecule has 2 spiro atoms. The van der Waals surface area contributed by atoms with Crippen LogP contribution in [0.5, 0.6) is 0 Å². The van der Waals surface area contributed by atoms with Gasteiger partial charge in [-0.3, -0.25) is 15.0 Å². The first kappa shape index (κ1) is 21.2. The lowest BCUT2D eigenvalue weighted by Crippen LogP contribution is -2.73. The molecule has 0 aromatic rings. The summed E-state index contributed by atoms with van der Waals surface area (Å²) in [5.41, 5.74) is -4.10. The molecule has 0 radical (unpaired) electrons. The van der Waals surface area contributed by atoms with E-state index in [2.05, 4.69) is 16.3 Å². The fourth-order valence-electron chi connectivity index (χ4n) is 8.01. The zero-order chi connectivity index (χ0) is 23.4. The molecule has 1 saturated carbocycles. The highest BCUT2D eigenvalue weighted by Gasteiger charge is 2.93. The number of hydrogen-bond acceptors (Lipinski definition) is 8. The molecule has 1 aliphatic carbocycles. The van der Waals surface area contributed by atoms with E-state index in [0.29, 0.717) is 31.4 Å². The lowest BCUT2D eigenvalue weighted by atomic mass is 9.74. The van der Waals surface area contributed by atoms with Gasteiger partial charge in [-0.1, -0.05) is 26.0 Å². The number of nitrogens with one attached hydrogen (secondary N) is 1. The molecule has 1 N–H and O–H groups in total. The van der Waals surface area contributed by atoms with Gasteiger partial charge in [0.2, 0.25) is 0 Å². The number of ether oxygens (including phenoxy) is 4. The number of alkyl carbamates (subject to hydrolysis) is 1. The van der Waals surface area contributed by atoms with Gasteiger partial charge in [-0.25, -0.2) is 9.59 Å². The van der Waals surface area contributed by atoms with Gasteiger partial charge in [0.25, 0.3) is 0 Å². The summed E-state index contributed by atoms with van der Waals surface area (Å²) in [7, 11) is 1.64. The third-order valence-corrected chi connectivity index (χ3v) is 9.04. The van der Waals surface area contributed by atoms with E-state index < -0.39 is 34.5 Å². The van der Waals surface area contributed by atoms with E-state index in [9.17, 15) is 14.4 Å².